The van der Waals surface area contributed by atoms with Crippen molar-refractivity contribution in [1.29, 1.82) is 0 Å². The van der Waals surface area contributed by atoms with Gasteiger partial charge in [-0.2, -0.15) is 4.98 Å². The second kappa shape index (κ2) is 9.80. The standard InChI is InChI=1S/C23H29F3N6S/c1-3-19(14-6-8-31(12-14)20(33)9-13(2)27)28-23-29-22-16(5-4-7-32(22)30-23)15-10-17(24)21(26)18(25)11-15/h3,9-11,13-14,16,19,33H,1,4-8,12,27H2,2H3,(H,28,30)/b20-9-. The Morgan fingerprint density at radius 1 is 1.27 bits per heavy atom. The molecular weight excluding hydrogens is 449 g/mol. The van der Waals surface area contributed by atoms with Crippen LogP contribution in [0.4, 0.5) is 19.1 Å². The van der Waals surface area contributed by atoms with Gasteiger partial charge in [-0.05, 0) is 50.0 Å². The van der Waals surface area contributed by atoms with Crippen LogP contribution in [-0.4, -0.2) is 44.8 Å². The van der Waals surface area contributed by atoms with E-state index in [-0.39, 0.29) is 23.9 Å². The lowest BCUT2D eigenvalue weighted by Gasteiger charge is -2.23. The minimum atomic E-state index is -1.46. The first kappa shape index (κ1) is 23.7. The zero-order valence-electron chi connectivity index (χ0n) is 18.5. The van der Waals surface area contributed by atoms with Gasteiger partial charge >= 0.3 is 0 Å². The van der Waals surface area contributed by atoms with Crippen molar-refractivity contribution in [2.75, 3.05) is 18.4 Å². The highest BCUT2D eigenvalue weighted by Gasteiger charge is 2.31. The number of nitrogens with two attached hydrogens (primary N) is 1. The van der Waals surface area contributed by atoms with Crippen molar-refractivity contribution in [1.82, 2.24) is 19.7 Å². The molecule has 178 valence electrons. The van der Waals surface area contributed by atoms with Crippen molar-refractivity contribution in [2.24, 2.45) is 11.7 Å². The number of nitrogens with one attached hydrogen (secondary N) is 1. The Hall–Kier alpha value is -2.46. The molecule has 2 aliphatic rings. The lowest BCUT2D eigenvalue weighted by atomic mass is 9.91. The SMILES string of the molecule is C=CC(Nc1nc2n(n1)CCCC2c1cc(F)c(F)c(F)c1)C1CCN(/C(S)=C/C(C)N)C1. The molecule has 1 aromatic carbocycles. The highest BCUT2D eigenvalue weighted by Crippen LogP contribution is 2.34. The first-order valence-electron chi connectivity index (χ1n) is 11.2. The molecule has 2 aliphatic heterocycles. The van der Waals surface area contributed by atoms with Crippen molar-refractivity contribution in [3.8, 4) is 0 Å². The van der Waals surface area contributed by atoms with E-state index in [9.17, 15) is 13.2 Å². The molecule has 6 nitrogen and oxygen atoms in total. The Morgan fingerprint density at radius 2 is 2.00 bits per heavy atom. The minimum Gasteiger partial charge on any atom is -0.366 e. The number of halogens is 3. The van der Waals surface area contributed by atoms with Crippen molar-refractivity contribution in [3.63, 3.8) is 0 Å². The van der Waals surface area contributed by atoms with Crippen LogP contribution in [0.5, 0.6) is 0 Å². The monoisotopic (exact) mass is 478 g/mol. The number of benzene rings is 1. The molecule has 10 heteroatoms. The fourth-order valence-electron chi connectivity index (χ4n) is 4.65. The molecule has 4 unspecified atom stereocenters. The van der Waals surface area contributed by atoms with E-state index in [4.69, 9.17) is 5.73 Å². The van der Waals surface area contributed by atoms with Gasteiger partial charge < -0.3 is 16.0 Å². The van der Waals surface area contributed by atoms with Crippen LogP contribution < -0.4 is 11.1 Å². The molecule has 3 heterocycles. The highest BCUT2D eigenvalue weighted by atomic mass is 32.1. The Morgan fingerprint density at radius 3 is 2.67 bits per heavy atom. The van der Waals surface area contributed by atoms with Gasteiger partial charge in [0.05, 0.1) is 11.1 Å². The van der Waals surface area contributed by atoms with Crippen LogP contribution >= 0.6 is 12.6 Å². The second-order valence-electron chi connectivity index (χ2n) is 8.79. The van der Waals surface area contributed by atoms with E-state index in [0.29, 0.717) is 30.3 Å². The normalized spacial score (nSPS) is 22.7. The smallest absolute Gasteiger partial charge is 0.242 e. The van der Waals surface area contributed by atoms with Crippen molar-refractivity contribution < 1.29 is 13.2 Å². The molecule has 1 aromatic heterocycles. The lowest BCUT2D eigenvalue weighted by Crippen LogP contribution is -2.30. The molecule has 2 aromatic rings. The number of aromatic nitrogens is 3. The fourth-order valence-corrected chi connectivity index (χ4v) is 5.07. The lowest BCUT2D eigenvalue weighted by molar-refractivity contribution is 0.419. The molecule has 0 amide bonds. The van der Waals surface area contributed by atoms with Gasteiger partial charge in [0.25, 0.3) is 0 Å². The minimum absolute atomic E-state index is 0.0601. The fraction of sp³-hybridized carbons (Fsp3) is 0.478. The number of aryl methyl sites for hydroxylation is 1. The van der Waals surface area contributed by atoms with Crippen LogP contribution in [0.3, 0.4) is 0 Å². The second-order valence-corrected chi connectivity index (χ2v) is 9.25. The van der Waals surface area contributed by atoms with Gasteiger partial charge in [-0.25, -0.2) is 17.9 Å². The number of likely N-dealkylation sites (tertiary alicyclic amines) is 1. The average Bonchev–Trinajstić information content (AvgIpc) is 3.41. The third kappa shape index (κ3) is 5.06. The molecule has 1 saturated heterocycles. The van der Waals surface area contributed by atoms with E-state index in [1.807, 2.05) is 19.1 Å². The molecule has 0 aliphatic carbocycles. The number of thiol groups is 1. The molecule has 0 bridgehead atoms. The third-order valence-corrected chi connectivity index (χ3v) is 6.73. The number of anilines is 1. The number of fused-ring (bicyclic) bond motifs is 1. The summed E-state index contributed by atoms with van der Waals surface area (Å²) >= 11 is 4.57. The predicted molar refractivity (Wildman–Crippen MR) is 125 cm³/mol. The first-order valence-corrected chi connectivity index (χ1v) is 11.6. The molecule has 0 spiro atoms. The van der Waals surface area contributed by atoms with Crippen LogP contribution in [0, 0.1) is 23.4 Å². The van der Waals surface area contributed by atoms with Crippen molar-refractivity contribution in [3.05, 3.63) is 64.7 Å². The Kier molecular flexibility index (Phi) is 7.04. The van der Waals surface area contributed by atoms with Gasteiger partial charge in [-0.15, -0.1) is 24.3 Å². The molecule has 33 heavy (non-hydrogen) atoms. The number of hydrogen-bond donors (Lipinski definition) is 3. The van der Waals surface area contributed by atoms with Gasteiger partial charge in [0.15, 0.2) is 17.5 Å². The van der Waals surface area contributed by atoms with E-state index in [1.165, 1.54) is 0 Å². The van der Waals surface area contributed by atoms with E-state index in [2.05, 4.69) is 39.5 Å². The van der Waals surface area contributed by atoms with E-state index in [0.717, 1.165) is 43.1 Å². The Labute approximate surface area is 197 Å². The topological polar surface area (TPSA) is 72.0 Å². The summed E-state index contributed by atoms with van der Waals surface area (Å²) in [5, 5.41) is 8.81. The largest absolute Gasteiger partial charge is 0.366 e. The summed E-state index contributed by atoms with van der Waals surface area (Å²) in [5.74, 6) is -2.87. The molecular formula is C23H29F3N6S. The molecule has 4 atom stereocenters. The maximum atomic E-state index is 13.8. The highest BCUT2D eigenvalue weighted by molar-refractivity contribution is 7.84. The third-order valence-electron chi connectivity index (χ3n) is 6.30. The first-order chi connectivity index (χ1) is 15.8. The Balaban J connectivity index is 1.51. The maximum Gasteiger partial charge on any atom is 0.242 e. The Bertz CT molecular complexity index is 1030. The number of hydrogen-bond acceptors (Lipinski definition) is 6. The predicted octanol–water partition coefficient (Wildman–Crippen LogP) is 4.03. The van der Waals surface area contributed by atoms with Crippen LogP contribution in [0.1, 0.15) is 43.5 Å². The van der Waals surface area contributed by atoms with E-state index in [1.54, 1.807) is 4.68 Å². The van der Waals surface area contributed by atoms with Gasteiger partial charge in [0.2, 0.25) is 5.95 Å². The number of nitrogens with zero attached hydrogens (tertiary/aromatic N) is 4. The van der Waals surface area contributed by atoms with Crippen LogP contribution in [0.25, 0.3) is 0 Å². The molecule has 0 radical (unpaired) electrons. The summed E-state index contributed by atoms with van der Waals surface area (Å²) in [6.07, 6.45) is 6.16. The van der Waals surface area contributed by atoms with Crippen LogP contribution in [0.2, 0.25) is 0 Å². The van der Waals surface area contributed by atoms with Gasteiger partial charge in [0, 0.05) is 37.5 Å². The quantitative estimate of drug-likeness (QED) is 0.318. The summed E-state index contributed by atoms with van der Waals surface area (Å²) in [4.78, 5) is 6.83. The zero-order valence-corrected chi connectivity index (χ0v) is 19.4. The van der Waals surface area contributed by atoms with E-state index < -0.39 is 17.5 Å². The molecule has 3 N–H and O–H groups in total. The van der Waals surface area contributed by atoms with Crippen molar-refractivity contribution >= 4 is 18.6 Å². The summed E-state index contributed by atoms with van der Waals surface area (Å²) < 4.78 is 42.8. The van der Waals surface area contributed by atoms with Gasteiger partial charge in [0.1, 0.15) is 5.82 Å². The van der Waals surface area contributed by atoms with Gasteiger partial charge in [-0.1, -0.05) is 6.08 Å². The zero-order chi connectivity index (χ0) is 23.7. The summed E-state index contributed by atoms with van der Waals surface area (Å²) in [6, 6.07) is 1.97. The van der Waals surface area contributed by atoms with Crippen molar-refractivity contribution in [2.45, 2.75) is 50.7 Å². The summed E-state index contributed by atoms with van der Waals surface area (Å²) in [7, 11) is 0. The number of rotatable bonds is 7. The molecule has 1 fully saturated rings. The van der Waals surface area contributed by atoms with Crippen LogP contribution in [0.15, 0.2) is 35.9 Å². The average molecular weight is 479 g/mol. The molecule has 4 rings (SSSR count). The molecule has 0 saturated carbocycles. The van der Waals surface area contributed by atoms with Gasteiger partial charge in [-0.3, -0.25) is 0 Å². The summed E-state index contributed by atoms with van der Waals surface area (Å²) in [5.41, 5.74) is 6.21. The van der Waals surface area contributed by atoms with E-state index >= 15 is 0 Å². The van der Waals surface area contributed by atoms with Crippen LogP contribution in [-0.2, 0) is 6.54 Å². The summed E-state index contributed by atoms with van der Waals surface area (Å²) in [6.45, 7) is 8.22. The maximum absolute atomic E-state index is 13.8.